The minimum absolute atomic E-state index is 0.00919. The molecule has 1 aliphatic heterocycles. The molecule has 0 aromatic carbocycles. The number of nitrogens with two attached hydrogens (primary N) is 2. The van der Waals surface area contributed by atoms with Crippen LogP contribution in [-0.4, -0.2) is 76.0 Å². The molecule has 2 aliphatic rings. The Morgan fingerprint density at radius 2 is 1.70 bits per heavy atom. The molecule has 10 nitrogen and oxygen atoms in total. The van der Waals surface area contributed by atoms with E-state index in [0.717, 1.165) is 0 Å². The molecule has 0 spiro atoms. The highest BCUT2D eigenvalue weighted by atomic mass is 16.3. The fourth-order valence-corrected chi connectivity index (χ4v) is 4.34. The van der Waals surface area contributed by atoms with Crippen LogP contribution in [0, 0.1) is 11.8 Å². The number of carbonyl (C=O) groups is 4. The van der Waals surface area contributed by atoms with Crippen LogP contribution < -0.4 is 16.8 Å². The van der Waals surface area contributed by atoms with Crippen LogP contribution in [0.15, 0.2) is 0 Å². The minimum atomic E-state index is -1.12. The molecule has 3 amide bonds. The minimum Gasteiger partial charge on any atom is -0.394 e. The van der Waals surface area contributed by atoms with Gasteiger partial charge in [0.1, 0.15) is 12.1 Å². The van der Waals surface area contributed by atoms with E-state index in [1.807, 2.05) is 0 Å². The molecule has 1 saturated carbocycles. The van der Waals surface area contributed by atoms with E-state index in [1.165, 1.54) is 11.8 Å². The third-order valence-electron chi connectivity index (χ3n) is 6.25. The SMILES string of the molecule is CC(O)[C@H](N)C(=O)N1CCC[C@H]1C(=O)C1CCC[C@@H](C(=O)N[C@@H](CO)C(N)=O)CC1. The van der Waals surface area contributed by atoms with Gasteiger partial charge < -0.3 is 31.9 Å². The lowest BCUT2D eigenvalue weighted by molar-refractivity contribution is -0.141. The van der Waals surface area contributed by atoms with Crippen molar-refractivity contribution in [3.63, 3.8) is 0 Å². The summed E-state index contributed by atoms with van der Waals surface area (Å²) >= 11 is 0. The van der Waals surface area contributed by atoms with Crippen LogP contribution in [0.25, 0.3) is 0 Å². The van der Waals surface area contributed by atoms with Crippen molar-refractivity contribution in [1.29, 1.82) is 0 Å². The third kappa shape index (κ3) is 5.77. The number of likely N-dealkylation sites (tertiary alicyclic amines) is 1. The lowest BCUT2D eigenvalue weighted by Crippen LogP contribution is -2.53. The fourth-order valence-electron chi connectivity index (χ4n) is 4.34. The van der Waals surface area contributed by atoms with Crippen molar-refractivity contribution >= 4 is 23.5 Å². The van der Waals surface area contributed by atoms with Gasteiger partial charge in [-0.1, -0.05) is 6.42 Å². The summed E-state index contributed by atoms with van der Waals surface area (Å²) in [5.41, 5.74) is 10.9. The Morgan fingerprint density at radius 3 is 2.30 bits per heavy atom. The number of hydrogen-bond acceptors (Lipinski definition) is 7. The number of nitrogens with zero attached hydrogens (tertiary/aromatic N) is 1. The number of ketones is 1. The van der Waals surface area contributed by atoms with Crippen molar-refractivity contribution in [1.82, 2.24) is 10.2 Å². The molecule has 1 saturated heterocycles. The molecule has 2 fully saturated rings. The molecule has 2 rings (SSSR count). The molecule has 2 unspecified atom stereocenters. The number of rotatable bonds is 8. The lowest BCUT2D eigenvalue weighted by atomic mass is 9.89. The van der Waals surface area contributed by atoms with Crippen molar-refractivity contribution < 1.29 is 29.4 Å². The second-order valence-electron chi connectivity index (χ2n) is 8.41. The Labute approximate surface area is 176 Å². The highest BCUT2D eigenvalue weighted by Gasteiger charge is 2.40. The summed E-state index contributed by atoms with van der Waals surface area (Å²) in [4.78, 5) is 50.9. The van der Waals surface area contributed by atoms with E-state index in [0.29, 0.717) is 51.5 Å². The summed E-state index contributed by atoms with van der Waals surface area (Å²) in [6.07, 6.45) is 3.16. The molecule has 7 N–H and O–H groups in total. The van der Waals surface area contributed by atoms with Gasteiger partial charge in [0.15, 0.2) is 5.78 Å². The Morgan fingerprint density at radius 1 is 1.07 bits per heavy atom. The predicted molar refractivity (Wildman–Crippen MR) is 108 cm³/mol. The molecule has 1 aliphatic carbocycles. The van der Waals surface area contributed by atoms with Gasteiger partial charge in [-0.15, -0.1) is 0 Å². The first-order valence-electron chi connectivity index (χ1n) is 10.7. The molecule has 1 heterocycles. The number of hydrogen-bond donors (Lipinski definition) is 5. The highest BCUT2D eigenvalue weighted by molar-refractivity contribution is 5.93. The molecule has 30 heavy (non-hydrogen) atoms. The van der Waals surface area contributed by atoms with Crippen LogP contribution in [0.2, 0.25) is 0 Å². The number of aliphatic hydroxyl groups excluding tert-OH is 2. The number of amides is 3. The van der Waals surface area contributed by atoms with Gasteiger partial charge in [0.05, 0.1) is 18.8 Å². The first-order chi connectivity index (χ1) is 14.2. The molecular formula is C20H34N4O6. The summed E-state index contributed by atoms with van der Waals surface area (Å²) in [5, 5.41) is 21.2. The standard InChI is InChI=1S/C20H34N4O6/c1-11(26)16(21)20(30)24-9-3-6-15(24)17(27)12-4-2-5-13(8-7-12)19(29)23-14(10-25)18(22)28/h11-16,25-26H,2-10,21H2,1H3,(H2,22,28)(H,23,29)/t11?,12?,13-,14+,15+,16+/m1/s1. The Bertz CT molecular complexity index is 655. The zero-order valence-electron chi connectivity index (χ0n) is 17.5. The van der Waals surface area contributed by atoms with Crippen molar-refractivity contribution in [3.8, 4) is 0 Å². The number of aliphatic hydroxyl groups is 2. The summed E-state index contributed by atoms with van der Waals surface area (Å²) in [5.74, 6) is -2.18. The van der Waals surface area contributed by atoms with Gasteiger partial charge in [0, 0.05) is 18.4 Å². The van der Waals surface area contributed by atoms with E-state index in [4.69, 9.17) is 16.6 Å². The molecule has 170 valence electrons. The molecule has 0 bridgehead atoms. The molecule has 0 aromatic heterocycles. The molecule has 10 heteroatoms. The maximum Gasteiger partial charge on any atom is 0.242 e. The Kier molecular flexibility index (Phi) is 8.75. The number of carbonyl (C=O) groups excluding carboxylic acids is 4. The van der Waals surface area contributed by atoms with Gasteiger partial charge in [-0.2, -0.15) is 0 Å². The molecule has 0 radical (unpaired) electrons. The second-order valence-corrected chi connectivity index (χ2v) is 8.41. The average Bonchev–Trinajstić information content (AvgIpc) is 3.07. The predicted octanol–water partition coefficient (Wildman–Crippen LogP) is -1.59. The van der Waals surface area contributed by atoms with Crippen molar-refractivity contribution in [2.75, 3.05) is 13.2 Å². The summed E-state index contributed by atoms with van der Waals surface area (Å²) in [6.45, 7) is 1.34. The van der Waals surface area contributed by atoms with Gasteiger partial charge >= 0.3 is 0 Å². The molecular weight excluding hydrogens is 392 g/mol. The van der Waals surface area contributed by atoms with Gasteiger partial charge in [0.2, 0.25) is 17.7 Å². The molecule has 6 atom stereocenters. The van der Waals surface area contributed by atoms with Crippen molar-refractivity contribution in [3.05, 3.63) is 0 Å². The largest absolute Gasteiger partial charge is 0.394 e. The first-order valence-corrected chi connectivity index (χ1v) is 10.7. The smallest absolute Gasteiger partial charge is 0.242 e. The second kappa shape index (κ2) is 10.8. The normalized spacial score (nSPS) is 27.6. The number of primary amides is 1. The monoisotopic (exact) mass is 426 g/mol. The highest BCUT2D eigenvalue weighted by Crippen LogP contribution is 2.32. The zero-order chi connectivity index (χ0) is 22.4. The van der Waals surface area contributed by atoms with Gasteiger partial charge in [-0.25, -0.2) is 0 Å². The topological polar surface area (TPSA) is 176 Å². The van der Waals surface area contributed by atoms with Crippen molar-refractivity contribution in [2.45, 2.75) is 76.1 Å². The maximum absolute atomic E-state index is 13.2. The number of nitrogens with one attached hydrogen (secondary N) is 1. The van der Waals surface area contributed by atoms with Crippen LogP contribution >= 0.6 is 0 Å². The summed E-state index contributed by atoms with van der Waals surface area (Å²) in [6, 6.07) is -2.70. The quantitative estimate of drug-likeness (QED) is 0.291. The van der Waals surface area contributed by atoms with E-state index in [-0.39, 0.29) is 23.5 Å². The zero-order valence-corrected chi connectivity index (χ0v) is 17.5. The van der Waals surface area contributed by atoms with E-state index >= 15 is 0 Å². The van der Waals surface area contributed by atoms with E-state index in [2.05, 4.69) is 5.32 Å². The molecule has 0 aromatic rings. The lowest BCUT2D eigenvalue weighted by Gasteiger charge is -2.29. The van der Waals surface area contributed by atoms with Gasteiger partial charge in [-0.3, -0.25) is 19.2 Å². The van der Waals surface area contributed by atoms with Crippen LogP contribution in [0.3, 0.4) is 0 Å². The maximum atomic E-state index is 13.2. The fraction of sp³-hybridized carbons (Fsp3) is 0.800. The van der Waals surface area contributed by atoms with E-state index < -0.39 is 42.7 Å². The Hall–Kier alpha value is -2.04. The van der Waals surface area contributed by atoms with Crippen LogP contribution in [0.1, 0.15) is 51.9 Å². The summed E-state index contributed by atoms with van der Waals surface area (Å²) in [7, 11) is 0. The average molecular weight is 427 g/mol. The summed E-state index contributed by atoms with van der Waals surface area (Å²) < 4.78 is 0. The van der Waals surface area contributed by atoms with Crippen LogP contribution in [0.4, 0.5) is 0 Å². The van der Waals surface area contributed by atoms with E-state index in [9.17, 15) is 24.3 Å². The van der Waals surface area contributed by atoms with Gasteiger partial charge in [-0.05, 0) is 45.4 Å². The first kappa shape index (κ1) is 24.2. The van der Waals surface area contributed by atoms with Crippen LogP contribution in [0.5, 0.6) is 0 Å². The van der Waals surface area contributed by atoms with E-state index in [1.54, 1.807) is 0 Å². The third-order valence-corrected chi connectivity index (χ3v) is 6.25. The van der Waals surface area contributed by atoms with Crippen LogP contribution in [-0.2, 0) is 19.2 Å². The number of Topliss-reactive ketones (excluding diaryl/α,β-unsaturated/α-hetero) is 1. The van der Waals surface area contributed by atoms with Crippen molar-refractivity contribution in [2.24, 2.45) is 23.3 Å². The Balaban J connectivity index is 1.97. The van der Waals surface area contributed by atoms with Gasteiger partial charge in [0.25, 0.3) is 0 Å².